The fraction of sp³-hybridized carbons (Fsp3) is 0.364. The van der Waals surface area contributed by atoms with Gasteiger partial charge in [-0.2, -0.15) is 22.5 Å². The Morgan fingerprint density at radius 2 is 1.58 bits per heavy atom. The van der Waals surface area contributed by atoms with Crippen molar-refractivity contribution >= 4 is 28.3 Å². The van der Waals surface area contributed by atoms with Crippen LogP contribution in [0.15, 0.2) is 42.5 Å². The third-order valence-electron chi connectivity index (χ3n) is 5.48. The van der Waals surface area contributed by atoms with Crippen molar-refractivity contribution in [3.63, 3.8) is 0 Å². The molecule has 0 bridgehead atoms. The fourth-order valence-electron chi connectivity index (χ4n) is 3.97. The molecule has 1 fully saturated rings. The van der Waals surface area contributed by atoms with Gasteiger partial charge in [-0.15, -0.1) is 0 Å². The first-order valence-corrected chi connectivity index (χ1v) is 10.9. The number of anilines is 3. The van der Waals surface area contributed by atoms with Crippen molar-refractivity contribution in [3.8, 4) is 0 Å². The van der Waals surface area contributed by atoms with Gasteiger partial charge in [0.2, 0.25) is 11.1 Å². The number of alkyl halides is 3. The minimum Gasteiger partial charge on any atom is -0.368 e. The van der Waals surface area contributed by atoms with Gasteiger partial charge in [0.15, 0.2) is 0 Å². The number of para-hydroxylation sites is 1. The summed E-state index contributed by atoms with van der Waals surface area (Å²) in [5.41, 5.74) is 3.38. The van der Waals surface area contributed by atoms with Crippen molar-refractivity contribution in [2.24, 2.45) is 0 Å². The van der Waals surface area contributed by atoms with Gasteiger partial charge < -0.3 is 15.1 Å². The molecule has 3 aromatic rings. The smallest absolute Gasteiger partial charge is 0.368 e. The maximum atomic E-state index is 13.2. The summed E-state index contributed by atoms with van der Waals surface area (Å²) in [6.45, 7) is 7.69. The molecule has 0 spiro atoms. The van der Waals surface area contributed by atoms with E-state index in [-0.39, 0.29) is 12.1 Å². The van der Waals surface area contributed by atoms with Crippen LogP contribution in [-0.2, 0) is 12.7 Å². The van der Waals surface area contributed by atoms with Crippen molar-refractivity contribution in [2.75, 3.05) is 41.3 Å². The second kappa shape index (κ2) is 8.74. The first-order valence-electron chi connectivity index (χ1n) is 10.1. The van der Waals surface area contributed by atoms with Crippen molar-refractivity contribution in [1.29, 1.82) is 0 Å². The van der Waals surface area contributed by atoms with Crippen molar-refractivity contribution < 1.29 is 13.2 Å². The van der Waals surface area contributed by atoms with Gasteiger partial charge in [0.1, 0.15) is 0 Å². The lowest BCUT2D eigenvalue weighted by Gasteiger charge is -2.37. The fourth-order valence-corrected chi connectivity index (χ4v) is 4.67. The number of rotatable bonds is 5. The summed E-state index contributed by atoms with van der Waals surface area (Å²) >= 11 is 1.27. The lowest BCUT2D eigenvalue weighted by Crippen LogP contribution is -2.47. The number of hydrogen-bond donors (Lipinski definition) is 1. The molecule has 0 saturated carbocycles. The molecule has 1 N–H and O–H groups in total. The van der Waals surface area contributed by atoms with E-state index >= 15 is 0 Å². The molecule has 164 valence electrons. The van der Waals surface area contributed by atoms with Gasteiger partial charge >= 0.3 is 6.18 Å². The van der Waals surface area contributed by atoms with E-state index in [4.69, 9.17) is 0 Å². The zero-order valence-electron chi connectivity index (χ0n) is 17.4. The van der Waals surface area contributed by atoms with Crippen LogP contribution in [0.4, 0.5) is 29.9 Å². The van der Waals surface area contributed by atoms with Crippen LogP contribution in [0.2, 0.25) is 0 Å². The Morgan fingerprint density at radius 1 is 0.935 bits per heavy atom. The highest BCUT2D eigenvalue weighted by molar-refractivity contribution is 7.09. The average molecular weight is 448 g/mol. The number of benzene rings is 2. The normalized spacial score (nSPS) is 14.7. The lowest BCUT2D eigenvalue weighted by atomic mass is 10.1. The van der Waals surface area contributed by atoms with Crippen LogP contribution in [0.25, 0.3) is 0 Å². The van der Waals surface area contributed by atoms with Crippen LogP contribution in [0, 0.1) is 13.8 Å². The summed E-state index contributed by atoms with van der Waals surface area (Å²) < 4.78 is 43.8. The molecule has 0 amide bonds. The van der Waals surface area contributed by atoms with Crippen molar-refractivity contribution in [1.82, 2.24) is 9.36 Å². The van der Waals surface area contributed by atoms with E-state index in [2.05, 4.69) is 56.5 Å². The zero-order chi connectivity index (χ0) is 22.0. The topological polar surface area (TPSA) is 44.3 Å². The van der Waals surface area contributed by atoms with Crippen molar-refractivity contribution in [2.45, 2.75) is 26.6 Å². The highest BCUT2D eigenvalue weighted by Crippen LogP contribution is 2.32. The van der Waals surface area contributed by atoms with E-state index < -0.39 is 11.7 Å². The molecule has 31 heavy (non-hydrogen) atoms. The Balaban J connectivity index is 1.37. The van der Waals surface area contributed by atoms with Gasteiger partial charge in [-0.25, -0.2) is 0 Å². The second-order valence-corrected chi connectivity index (χ2v) is 8.35. The minimum atomic E-state index is -4.38. The molecule has 0 unspecified atom stereocenters. The second-order valence-electron chi connectivity index (χ2n) is 7.62. The van der Waals surface area contributed by atoms with E-state index in [9.17, 15) is 13.2 Å². The molecule has 0 atom stereocenters. The van der Waals surface area contributed by atoms with Crippen LogP contribution < -0.4 is 15.1 Å². The number of aryl methyl sites for hydroxylation is 2. The highest BCUT2D eigenvalue weighted by atomic mass is 32.1. The SMILES string of the molecule is Cc1cccc(C)c1N1CCN(c2nc(NCc3ccccc3C(F)(F)F)ns2)CC1. The third kappa shape index (κ3) is 4.76. The number of nitrogens with one attached hydrogen (secondary N) is 1. The summed E-state index contributed by atoms with van der Waals surface area (Å²) in [4.78, 5) is 9.07. The Bertz CT molecular complexity index is 1020. The quantitative estimate of drug-likeness (QED) is 0.589. The van der Waals surface area contributed by atoms with E-state index in [1.54, 1.807) is 6.07 Å². The van der Waals surface area contributed by atoms with Crippen LogP contribution in [-0.4, -0.2) is 35.5 Å². The number of halogens is 3. The Hall–Kier alpha value is -2.81. The number of piperazine rings is 1. The molecular formula is C22H24F3N5S. The van der Waals surface area contributed by atoms with E-state index in [1.165, 1.54) is 40.5 Å². The predicted molar refractivity (Wildman–Crippen MR) is 119 cm³/mol. The molecule has 1 saturated heterocycles. The maximum Gasteiger partial charge on any atom is 0.416 e. The average Bonchev–Trinajstić information content (AvgIpc) is 3.21. The summed E-state index contributed by atoms with van der Waals surface area (Å²) in [6, 6.07) is 11.9. The van der Waals surface area contributed by atoms with Gasteiger partial charge in [0, 0.05) is 49.9 Å². The van der Waals surface area contributed by atoms with Gasteiger partial charge in [-0.1, -0.05) is 36.4 Å². The molecule has 0 aliphatic carbocycles. The molecule has 4 rings (SSSR count). The molecule has 2 aromatic carbocycles. The molecule has 0 radical (unpaired) electrons. The molecule has 9 heteroatoms. The molecule has 1 aliphatic heterocycles. The largest absolute Gasteiger partial charge is 0.416 e. The predicted octanol–water partition coefficient (Wildman–Crippen LogP) is 5.11. The molecule has 5 nitrogen and oxygen atoms in total. The summed E-state index contributed by atoms with van der Waals surface area (Å²) in [5, 5.41) is 3.72. The Morgan fingerprint density at radius 3 is 2.26 bits per heavy atom. The van der Waals surface area contributed by atoms with E-state index in [0.717, 1.165) is 37.4 Å². The molecule has 1 aliphatic rings. The van der Waals surface area contributed by atoms with E-state index in [0.29, 0.717) is 5.95 Å². The number of aromatic nitrogens is 2. The van der Waals surface area contributed by atoms with Gasteiger partial charge in [0.25, 0.3) is 0 Å². The summed E-state index contributed by atoms with van der Waals surface area (Å²) in [5.74, 6) is 0.356. The van der Waals surface area contributed by atoms with E-state index in [1.807, 2.05) is 0 Å². The van der Waals surface area contributed by atoms with Crippen molar-refractivity contribution in [3.05, 3.63) is 64.7 Å². The van der Waals surface area contributed by atoms with Crippen LogP contribution in [0.5, 0.6) is 0 Å². The Labute approximate surface area is 183 Å². The molecule has 2 heterocycles. The first-order chi connectivity index (χ1) is 14.8. The number of hydrogen-bond acceptors (Lipinski definition) is 6. The summed E-state index contributed by atoms with van der Waals surface area (Å²) in [6.07, 6.45) is -4.38. The number of nitrogens with zero attached hydrogens (tertiary/aromatic N) is 4. The van der Waals surface area contributed by atoms with Crippen LogP contribution >= 0.6 is 11.5 Å². The highest BCUT2D eigenvalue weighted by Gasteiger charge is 2.32. The Kier molecular flexibility index (Phi) is 6.04. The first kappa shape index (κ1) is 21.4. The standard InChI is InChI=1S/C22H24F3N5S/c1-15-6-5-7-16(2)19(15)29-10-12-30(13-11-29)21-27-20(28-31-21)26-14-17-8-3-4-9-18(17)22(23,24)25/h3-9H,10-14H2,1-2H3,(H,26,28). The van der Waals surface area contributed by atoms with Gasteiger partial charge in [-0.3, -0.25) is 0 Å². The van der Waals surface area contributed by atoms with Gasteiger partial charge in [0.05, 0.1) is 5.56 Å². The molecular weight excluding hydrogens is 423 g/mol. The summed E-state index contributed by atoms with van der Waals surface area (Å²) in [7, 11) is 0. The van der Waals surface area contributed by atoms with Crippen LogP contribution in [0.1, 0.15) is 22.3 Å². The monoisotopic (exact) mass is 447 g/mol. The van der Waals surface area contributed by atoms with Crippen LogP contribution in [0.3, 0.4) is 0 Å². The third-order valence-corrected chi connectivity index (χ3v) is 6.26. The molecule has 1 aromatic heterocycles. The maximum absolute atomic E-state index is 13.2. The zero-order valence-corrected chi connectivity index (χ0v) is 18.2. The lowest BCUT2D eigenvalue weighted by molar-refractivity contribution is -0.138. The minimum absolute atomic E-state index is 0.0200. The van der Waals surface area contributed by atoms with Gasteiger partial charge in [-0.05, 0) is 36.6 Å².